The summed E-state index contributed by atoms with van der Waals surface area (Å²) in [7, 11) is 0. The van der Waals surface area contributed by atoms with Gasteiger partial charge in [0.25, 0.3) is 0 Å². The molecule has 1 atom stereocenters. The molecule has 92 valence electrons. The van der Waals surface area contributed by atoms with Crippen LogP contribution in [0.3, 0.4) is 0 Å². The Kier molecular flexibility index (Phi) is 4.53. The Bertz CT molecular complexity index is 483. The van der Waals surface area contributed by atoms with E-state index >= 15 is 0 Å². The van der Waals surface area contributed by atoms with Gasteiger partial charge < -0.3 is 10.4 Å². The second-order valence-electron chi connectivity index (χ2n) is 3.65. The molecule has 0 fully saturated rings. The number of thiophene rings is 1. The fourth-order valence-corrected chi connectivity index (χ4v) is 3.21. The molecule has 3 nitrogen and oxygen atoms in total. The average Bonchev–Trinajstić information content (AvgIpc) is 2.88. The Morgan fingerprint density at radius 2 is 2.29 bits per heavy atom. The van der Waals surface area contributed by atoms with E-state index < -0.39 is 6.10 Å². The number of thiazole rings is 1. The van der Waals surface area contributed by atoms with Gasteiger partial charge in [-0.1, -0.05) is 11.6 Å². The molecule has 2 aromatic heterocycles. The molecule has 1 unspecified atom stereocenters. The van der Waals surface area contributed by atoms with E-state index in [0.717, 1.165) is 9.88 Å². The van der Waals surface area contributed by atoms with Crippen LogP contribution in [0.25, 0.3) is 0 Å². The third-order valence-electron chi connectivity index (χ3n) is 2.21. The van der Waals surface area contributed by atoms with Gasteiger partial charge in [0.15, 0.2) is 0 Å². The molecule has 0 aliphatic carbocycles. The Morgan fingerprint density at radius 3 is 2.88 bits per heavy atom. The number of hydrogen-bond acceptors (Lipinski definition) is 5. The van der Waals surface area contributed by atoms with Crippen LogP contribution < -0.4 is 5.32 Å². The second kappa shape index (κ2) is 5.93. The Labute approximate surface area is 113 Å². The van der Waals surface area contributed by atoms with Gasteiger partial charge in [-0.15, -0.1) is 22.7 Å². The van der Waals surface area contributed by atoms with E-state index in [1.54, 1.807) is 17.4 Å². The molecular formula is C11H13ClN2OS2. The molecule has 2 aromatic rings. The van der Waals surface area contributed by atoms with Gasteiger partial charge >= 0.3 is 0 Å². The molecule has 2 N–H and O–H groups in total. The minimum Gasteiger partial charge on any atom is -0.386 e. The van der Waals surface area contributed by atoms with Gasteiger partial charge in [0.1, 0.15) is 11.1 Å². The first kappa shape index (κ1) is 13.0. The summed E-state index contributed by atoms with van der Waals surface area (Å²) < 4.78 is 0.703. The van der Waals surface area contributed by atoms with E-state index in [0.29, 0.717) is 17.4 Å². The Hall–Kier alpha value is -0.460. The van der Waals surface area contributed by atoms with Gasteiger partial charge in [-0.25, -0.2) is 4.98 Å². The number of aryl methyl sites for hydroxylation is 1. The normalized spacial score (nSPS) is 12.9. The van der Waals surface area contributed by atoms with Crippen molar-refractivity contribution in [3.05, 3.63) is 37.4 Å². The highest BCUT2D eigenvalue weighted by Crippen LogP contribution is 2.26. The van der Waals surface area contributed by atoms with Crippen LogP contribution in [0.15, 0.2) is 18.3 Å². The Balaban J connectivity index is 1.78. The molecule has 0 radical (unpaired) electrons. The second-order valence-corrected chi connectivity index (χ2v) is 6.72. The molecule has 0 saturated carbocycles. The van der Waals surface area contributed by atoms with Crippen LogP contribution in [-0.2, 0) is 6.54 Å². The third kappa shape index (κ3) is 3.76. The van der Waals surface area contributed by atoms with Crippen molar-refractivity contribution in [2.75, 3.05) is 6.54 Å². The van der Waals surface area contributed by atoms with E-state index in [4.69, 9.17) is 11.6 Å². The predicted molar refractivity (Wildman–Crippen MR) is 72.8 cm³/mol. The minimum atomic E-state index is -0.506. The lowest BCUT2D eigenvalue weighted by molar-refractivity contribution is 0.178. The number of rotatable bonds is 5. The van der Waals surface area contributed by atoms with Crippen LogP contribution in [0, 0.1) is 6.92 Å². The van der Waals surface area contributed by atoms with E-state index in [9.17, 15) is 5.11 Å². The largest absolute Gasteiger partial charge is 0.386 e. The van der Waals surface area contributed by atoms with Gasteiger partial charge in [-0.3, -0.25) is 0 Å². The highest BCUT2D eigenvalue weighted by Gasteiger charge is 2.09. The minimum absolute atomic E-state index is 0.506. The van der Waals surface area contributed by atoms with Crippen molar-refractivity contribution in [2.24, 2.45) is 0 Å². The predicted octanol–water partition coefficient (Wildman–Crippen LogP) is 2.99. The van der Waals surface area contributed by atoms with Crippen LogP contribution >= 0.6 is 34.3 Å². The fourth-order valence-electron chi connectivity index (χ4n) is 1.41. The summed E-state index contributed by atoms with van der Waals surface area (Å²) >= 11 is 8.89. The number of nitrogens with zero attached hydrogens (tertiary/aromatic N) is 1. The van der Waals surface area contributed by atoms with Crippen molar-refractivity contribution < 1.29 is 5.11 Å². The molecule has 0 aromatic carbocycles. The van der Waals surface area contributed by atoms with Crippen molar-refractivity contribution in [2.45, 2.75) is 19.6 Å². The lowest BCUT2D eigenvalue weighted by Crippen LogP contribution is -2.20. The van der Waals surface area contributed by atoms with E-state index in [-0.39, 0.29) is 0 Å². The molecular weight excluding hydrogens is 276 g/mol. The molecule has 2 heterocycles. The summed E-state index contributed by atoms with van der Waals surface area (Å²) in [6.45, 7) is 3.23. The van der Waals surface area contributed by atoms with Crippen molar-refractivity contribution in [3.8, 4) is 0 Å². The van der Waals surface area contributed by atoms with Crippen molar-refractivity contribution in [3.63, 3.8) is 0 Å². The fraction of sp³-hybridized carbons (Fsp3) is 0.364. The number of nitrogens with one attached hydrogen (secondary N) is 1. The highest BCUT2D eigenvalue weighted by molar-refractivity contribution is 7.16. The zero-order chi connectivity index (χ0) is 12.3. The SMILES string of the molecule is Cc1cnc(CNCC(O)c2ccc(Cl)s2)s1. The summed E-state index contributed by atoms with van der Waals surface area (Å²) in [4.78, 5) is 6.33. The lowest BCUT2D eigenvalue weighted by atomic mass is 10.3. The molecule has 0 aliphatic heterocycles. The van der Waals surface area contributed by atoms with Crippen LogP contribution in [0.1, 0.15) is 20.9 Å². The molecule has 17 heavy (non-hydrogen) atoms. The van der Waals surface area contributed by atoms with Crippen molar-refractivity contribution in [1.29, 1.82) is 0 Å². The first-order valence-electron chi connectivity index (χ1n) is 5.20. The summed E-state index contributed by atoms with van der Waals surface area (Å²) in [6, 6.07) is 3.65. The number of aromatic nitrogens is 1. The maximum atomic E-state index is 9.89. The number of hydrogen-bond donors (Lipinski definition) is 2. The van der Waals surface area contributed by atoms with Gasteiger partial charge in [-0.2, -0.15) is 0 Å². The molecule has 2 rings (SSSR count). The average molecular weight is 289 g/mol. The van der Waals surface area contributed by atoms with Gasteiger partial charge in [0.05, 0.1) is 4.34 Å². The van der Waals surface area contributed by atoms with Crippen LogP contribution in [-0.4, -0.2) is 16.6 Å². The molecule has 0 spiro atoms. The van der Waals surface area contributed by atoms with Gasteiger partial charge in [0.2, 0.25) is 0 Å². The zero-order valence-electron chi connectivity index (χ0n) is 9.31. The standard InChI is InChI=1S/C11H13ClN2OS2/c1-7-4-14-11(16-7)6-13-5-8(15)9-2-3-10(12)17-9/h2-4,8,13,15H,5-6H2,1H3. The first-order chi connectivity index (χ1) is 8.15. The lowest BCUT2D eigenvalue weighted by Gasteiger charge is -2.08. The van der Waals surface area contributed by atoms with Gasteiger partial charge in [0, 0.05) is 29.0 Å². The van der Waals surface area contributed by atoms with Crippen LogP contribution in [0.2, 0.25) is 4.34 Å². The molecule has 0 bridgehead atoms. The monoisotopic (exact) mass is 288 g/mol. The molecule has 0 amide bonds. The maximum Gasteiger partial charge on any atom is 0.107 e. The quantitative estimate of drug-likeness (QED) is 0.889. The van der Waals surface area contributed by atoms with Gasteiger partial charge in [-0.05, 0) is 19.1 Å². The number of halogens is 1. The summed E-state index contributed by atoms with van der Waals surface area (Å²) in [5.41, 5.74) is 0. The summed E-state index contributed by atoms with van der Waals surface area (Å²) in [6.07, 6.45) is 1.35. The maximum absolute atomic E-state index is 9.89. The van der Waals surface area contributed by atoms with Crippen molar-refractivity contribution in [1.82, 2.24) is 10.3 Å². The van der Waals surface area contributed by atoms with Crippen molar-refractivity contribution >= 4 is 34.3 Å². The summed E-state index contributed by atoms with van der Waals surface area (Å²) in [5.74, 6) is 0. The third-order valence-corrected chi connectivity index (χ3v) is 4.45. The first-order valence-corrected chi connectivity index (χ1v) is 7.21. The highest BCUT2D eigenvalue weighted by atomic mass is 35.5. The number of aliphatic hydroxyl groups is 1. The molecule has 0 saturated heterocycles. The Morgan fingerprint density at radius 1 is 1.47 bits per heavy atom. The topological polar surface area (TPSA) is 45.2 Å². The smallest absolute Gasteiger partial charge is 0.107 e. The van der Waals surface area contributed by atoms with Crippen LogP contribution in [0.4, 0.5) is 0 Å². The molecule has 0 aliphatic rings. The van der Waals surface area contributed by atoms with Crippen LogP contribution in [0.5, 0.6) is 0 Å². The number of aliphatic hydroxyl groups excluding tert-OH is 1. The zero-order valence-corrected chi connectivity index (χ0v) is 11.7. The van der Waals surface area contributed by atoms with E-state index in [2.05, 4.69) is 10.3 Å². The van der Waals surface area contributed by atoms with E-state index in [1.165, 1.54) is 16.2 Å². The molecule has 6 heteroatoms. The van der Waals surface area contributed by atoms with E-state index in [1.807, 2.05) is 19.2 Å². The summed E-state index contributed by atoms with van der Waals surface area (Å²) in [5, 5.41) is 14.1.